The van der Waals surface area contributed by atoms with Crippen molar-refractivity contribution in [1.29, 1.82) is 0 Å². The molecule has 0 fully saturated rings. The second kappa shape index (κ2) is 5.73. The third-order valence-electron chi connectivity index (χ3n) is 2.10. The van der Waals surface area contributed by atoms with Crippen molar-refractivity contribution in [3.63, 3.8) is 0 Å². The van der Waals surface area contributed by atoms with Crippen LogP contribution in [0.1, 0.15) is 13.3 Å². The molecule has 0 heterocycles. The van der Waals surface area contributed by atoms with Gasteiger partial charge in [0.05, 0.1) is 0 Å². The summed E-state index contributed by atoms with van der Waals surface area (Å²) >= 11 is 5.78. The Labute approximate surface area is 94.8 Å². The Morgan fingerprint density at radius 3 is 2.47 bits per heavy atom. The van der Waals surface area contributed by atoms with E-state index in [1.807, 2.05) is 12.1 Å². The smallest absolute Gasteiger partial charge is 0.223 e. The second-order valence-corrected chi connectivity index (χ2v) is 3.73. The van der Waals surface area contributed by atoms with Crippen LogP contribution in [-0.2, 0) is 4.79 Å². The largest absolute Gasteiger partial charge is 0.330 e. The fraction of sp³-hybridized carbons (Fsp3) is 0.364. The van der Waals surface area contributed by atoms with E-state index in [-0.39, 0.29) is 5.91 Å². The van der Waals surface area contributed by atoms with Crippen LogP contribution < -0.4 is 10.6 Å². The van der Waals surface area contributed by atoms with Crippen LogP contribution in [-0.4, -0.2) is 19.0 Å². The molecule has 0 aromatic heterocycles. The number of nitrogens with zero attached hydrogens (tertiary/aromatic N) is 1. The summed E-state index contributed by atoms with van der Waals surface area (Å²) in [5.74, 6) is 0.0192. The van der Waals surface area contributed by atoms with Gasteiger partial charge in [-0.3, -0.25) is 4.79 Å². The van der Waals surface area contributed by atoms with Crippen molar-refractivity contribution in [2.45, 2.75) is 13.3 Å². The van der Waals surface area contributed by atoms with Crippen molar-refractivity contribution >= 4 is 23.2 Å². The molecule has 3 nitrogen and oxygen atoms in total. The topological polar surface area (TPSA) is 46.3 Å². The zero-order valence-electron chi connectivity index (χ0n) is 8.74. The Morgan fingerprint density at radius 2 is 2.00 bits per heavy atom. The summed E-state index contributed by atoms with van der Waals surface area (Å²) in [6.07, 6.45) is 0.794. The lowest BCUT2D eigenvalue weighted by atomic mass is 10.2. The number of anilines is 1. The number of rotatable bonds is 4. The molecule has 1 rings (SSSR count). The average Bonchev–Trinajstić information content (AvgIpc) is 2.21. The molecule has 0 bridgehead atoms. The lowest BCUT2D eigenvalue weighted by molar-refractivity contribution is -0.116. The van der Waals surface area contributed by atoms with E-state index in [1.165, 1.54) is 0 Å². The van der Waals surface area contributed by atoms with Gasteiger partial charge in [-0.05, 0) is 37.2 Å². The van der Waals surface area contributed by atoms with Gasteiger partial charge in [0.1, 0.15) is 0 Å². The Kier molecular flexibility index (Phi) is 4.59. The van der Waals surface area contributed by atoms with Gasteiger partial charge < -0.3 is 10.6 Å². The molecule has 0 aliphatic rings. The number of nitrogens with two attached hydrogens (primary N) is 1. The molecule has 0 aliphatic heterocycles. The number of carbonyl (C=O) groups is 1. The summed E-state index contributed by atoms with van der Waals surface area (Å²) < 4.78 is 0. The van der Waals surface area contributed by atoms with Gasteiger partial charge in [-0.15, -0.1) is 0 Å². The molecule has 1 amide bonds. The first kappa shape index (κ1) is 12.0. The van der Waals surface area contributed by atoms with Crippen molar-refractivity contribution in [2.24, 2.45) is 5.73 Å². The third-order valence-corrected chi connectivity index (χ3v) is 2.36. The molecule has 0 saturated carbocycles. The van der Waals surface area contributed by atoms with Crippen LogP contribution in [0.2, 0.25) is 5.02 Å². The van der Waals surface area contributed by atoms with Crippen molar-refractivity contribution in [3.05, 3.63) is 29.3 Å². The number of carbonyl (C=O) groups excluding carboxylic acids is 1. The predicted octanol–water partition coefficient (Wildman–Crippen LogP) is 2.04. The average molecular weight is 227 g/mol. The molecular weight excluding hydrogens is 212 g/mol. The van der Waals surface area contributed by atoms with Crippen LogP contribution in [0.3, 0.4) is 0 Å². The number of hydrogen-bond acceptors (Lipinski definition) is 2. The minimum Gasteiger partial charge on any atom is -0.330 e. The van der Waals surface area contributed by atoms with Gasteiger partial charge in [0.25, 0.3) is 0 Å². The maximum Gasteiger partial charge on any atom is 0.223 e. The van der Waals surface area contributed by atoms with Gasteiger partial charge in [0.2, 0.25) is 5.91 Å². The first-order valence-corrected chi connectivity index (χ1v) is 5.26. The van der Waals surface area contributed by atoms with E-state index in [9.17, 15) is 4.79 Å². The molecule has 0 radical (unpaired) electrons. The summed E-state index contributed by atoms with van der Waals surface area (Å²) in [6, 6.07) is 7.21. The zero-order valence-corrected chi connectivity index (χ0v) is 9.50. The summed E-state index contributed by atoms with van der Waals surface area (Å²) in [7, 11) is 0. The Hall–Kier alpha value is -1.06. The number of amides is 1. The van der Waals surface area contributed by atoms with Crippen LogP contribution >= 0.6 is 11.6 Å². The molecule has 4 heteroatoms. The molecule has 0 spiro atoms. The van der Waals surface area contributed by atoms with Crippen LogP contribution in [0.4, 0.5) is 5.69 Å². The monoisotopic (exact) mass is 226 g/mol. The van der Waals surface area contributed by atoms with Gasteiger partial charge in [-0.25, -0.2) is 0 Å². The minimum atomic E-state index is 0.0192. The van der Waals surface area contributed by atoms with E-state index >= 15 is 0 Å². The van der Waals surface area contributed by atoms with E-state index in [0.717, 1.165) is 12.1 Å². The second-order valence-electron chi connectivity index (χ2n) is 3.29. The lowest BCUT2D eigenvalue weighted by Crippen LogP contribution is -2.30. The number of halogens is 1. The lowest BCUT2D eigenvalue weighted by Gasteiger charge is -2.20. The minimum absolute atomic E-state index is 0.0192. The third kappa shape index (κ3) is 3.53. The molecule has 0 saturated heterocycles. The van der Waals surface area contributed by atoms with Gasteiger partial charge >= 0.3 is 0 Å². The predicted molar refractivity (Wildman–Crippen MR) is 63.2 cm³/mol. The van der Waals surface area contributed by atoms with Crippen molar-refractivity contribution in [1.82, 2.24) is 0 Å². The standard InChI is InChI=1S/C11H15ClN2O/c1-9(15)14(8-2-7-13)11-5-3-10(12)4-6-11/h3-6H,2,7-8,13H2,1H3. The molecule has 0 unspecified atom stereocenters. The quantitative estimate of drug-likeness (QED) is 0.854. The van der Waals surface area contributed by atoms with Crippen LogP contribution in [0, 0.1) is 0 Å². The van der Waals surface area contributed by atoms with Gasteiger partial charge in [0.15, 0.2) is 0 Å². The molecule has 1 aromatic rings. The summed E-state index contributed by atoms with van der Waals surface area (Å²) in [6.45, 7) is 2.77. The van der Waals surface area contributed by atoms with Gasteiger partial charge in [-0.1, -0.05) is 11.6 Å². The van der Waals surface area contributed by atoms with E-state index in [4.69, 9.17) is 17.3 Å². The molecular formula is C11H15ClN2O. The SMILES string of the molecule is CC(=O)N(CCCN)c1ccc(Cl)cc1. The fourth-order valence-corrected chi connectivity index (χ4v) is 1.46. The number of benzene rings is 1. The van der Waals surface area contributed by atoms with Crippen LogP contribution in [0.25, 0.3) is 0 Å². The van der Waals surface area contributed by atoms with Crippen LogP contribution in [0.15, 0.2) is 24.3 Å². The molecule has 2 N–H and O–H groups in total. The first-order valence-electron chi connectivity index (χ1n) is 4.89. The molecule has 0 atom stereocenters. The molecule has 0 aliphatic carbocycles. The first-order chi connectivity index (χ1) is 7.15. The Bertz CT molecular complexity index is 324. The van der Waals surface area contributed by atoms with Crippen LogP contribution in [0.5, 0.6) is 0 Å². The van der Waals surface area contributed by atoms with E-state index in [2.05, 4.69) is 0 Å². The van der Waals surface area contributed by atoms with Crippen molar-refractivity contribution < 1.29 is 4.79 Å². The highest BCUT2D eigenvalue weighted by atomic mass is 35.5. The maximum atomic E-state index is 11.4. The highest BCUT2D eigenvalue weighted by Crippen LogP contribution is 2.18. The van der Waals surface area contributed by atoms with Gasteiger partial charge in [-0.2, -0.15) is 0 Å². The molecule has 1 aromatic carbocycles. The number of hydrogen-bond donors (Lipinski definition) is 1. The maximum absolute atomic E-state index is 11.4. The van der Waals surface area contributed by atoms with Gasteiger partial charge in [0, 0.05) is 24.2 Å². The summed E-state index contributed by atoms with van der Waals surface area (Å²) in [5, 5.41) is 0.668. The normalized spacial score (nSPS) is 10.1. The van der Waals surface area contributed by atoms with Crippen molar-refractivity contribution in [3.8, 4) is 0 Å². The molecule has 15 heavy (non-hydrogen) atoms. The van der Waals surface area contributed by atoms with E-state index in [1.54, 1.807) is 24.0 Å². The summed E-state index contributed by atoms with van der Waals surface area (Å²) in [5.41, 5.74) is 6.28. The summed E-state index contributed by atoms with van der Waals surface area (Å²) in [4.78, 5) is 13.1. The Balaban J connectivity index is 2.79. The van der Waals surface area contributed by atoms with E-state index in [0.29, 0.717) is 18.1 Å². The van der Waals surface area contributed by atoms with Crippen molar-refractivity contribution in [2.75, 3.05) is 18.0 Å². The zero-order chi connectivity index (χ0) is 11.3. The highest BCUT2D eigenvalue weighted by Gasteiger charge is 2.09. The molecule has 82 valence electrons. The Morgan fingerprint density at radius 1 is 1.40 bits per heavy atom. The van der Waals surface area contributed by atoms with E-state index < -0.39 is 0 Å². The highest BCUT2D eigenvalue weighted by molar-refractivity contribution is 6.30. The fourth-order valence-electron chi connectivity index (χ4n) is 1.34.